The quantitative estimate of drug-likeness (QED) is 0.544. The van der Waals surface area contributed by atoms with Gasteiger partial charge in [0.25, 0.3) is 0 Å². The summed E-state index contributed by atoms with van der Waals surface area (Å²) in [5, 5.41) is 0. The molecule has 0 amide bonds. The van der Waals surface area contributed by atoms with Crippen LogP contribution in [0.15, 0.2) is 42.1 Å². The van der Waals surface area contributed by atoms with Gasteiger partial charge in [-0.3, -0.25) is 0 Å². The maximum Gasteiger partial charge on any atom is 0.493 e. The molecule has 0 N–H and O–H groups in total. The predicted octanol–water partition coefficient (Wildman–Crippen LogP) is 4.67. The smallest absolute Gasteiger partial charge is 0.466 e. The topological polar surface area (TPSA) is 46.2 Å². The third kappa shape index (κ3) is 4.18. The SMILES string of the molecule is CC1(C)OB(C/C(=C/Oc2ccccc2)B2OC(C)(C)C(C)(C)O2)OC1(C)C. The zero-order valence-electron chi connectivity index (χ0n) is 18.4. The Labute approximate surface area is 170 Å². The summed E-state index contributed by atoms with van der Waals surface area (Å²) >= 11 is 0. The van der Waals surface area contributed by atoms with E-state index in [0.29, 0.717) is 6.32 Å². The molecule has 0 aromatic heterocycles. The van der Waals surface area contributed by atoms with E-state index in [4.69, 9.17) is 23.4 Å². The second-order valence-electron chi connectivity index (χ2n) is 9.60. The normalized spacial score (nSPS) is 25.2. The molecule has 0 aliphatic carbocycles. The lowest BCUT2D eigenvalue weighted by atomic mass is 9.66. The summed E-state index contributed by atoms with van der Waals surface area (Å²) in [5.74, 6) is 0.755. The molecular formula is C21H32B2O5. The second kappa shape index (κ2) is 7.21. The number of para-hydroxylation sites is 1. The third-order valence-corrected chi connectivity index (χ3v) is 6.35. The fourth-order valence-electron chi connectivity index (χ4n) is 3.08. The van der Waals surface area contributed by atoms with E-state index in [1.165, 1.54) is 0 Å². The van der Waals surface area contributed by atoms with Crippen molar-refractivity contribution in [1.82, 2.24) is 0 Å². The fourth-order valence-corrected chi connectivity index (χ4v) is 3.08. The number of hydrogen-bond acceptors (Lipinski definition) is 5. The first-order chi connectivity index (χ1) is 12.8. The molecule has 3 rings (SSSR count). The molecule has 5 nitrogen and oxygen atoms in total. The molecule has 0 spiro atoms. The van der Waals surface area contributed by atoms with Crippen LogP contribution in [0.4, 0.5) is 0 Å². The molecule has 2 aliphatic rings. The van der Waals surface area contributed by atoms with Gasteiger partial charge in [-0.2, -0.15) is 0 Å². The van der Waals surface area contributed by atoms with Crippen molar-refractivity contribution >= 4 is 14.2 Å². The number of allylic oxidation sites excluding steroid dienone is 1. The van der Waals surface area contributed by atoms with E-state index >= 15 is 0 Å². The van der Waals surface area contributed by atoms with Crippen molar-refractivity contribution in [3.63, 3.8) is 0 Å². The van der Waals surface area contributed by atoms with Gasteiger partial charge in [0.1, 0.15) is 5.75 Å². The van der Waals surface area contributed by atoms with E-state index in [-0.39, 0.29) is 11.2 Å². The largest absolute Gasteiger partial charge is 0.493 e. The Morgan fingerprint density at radius 3 is 1.75 bits per heavy atom. The minimum Gasteiger partial charge on any atom is -0.466 e. The van der Waals surface area contributed by atoms with Crippen molar-refractivity contribution in [1.29, 1.82) is 0 Å². The van der Waals surface area contributed by atoms with Crippen LogP contribution in [0.3, 0.4) is 0 Å². The van der Waals surface area contributed by atoms with E-state index in [9.17, 15) is 0 Å². The second-order valence-corrected chi connectivity index (χ2v) is 9.60. The summed E-state index contributed by atoms with van der Waals surface area (Å²) in [6.45, 7) is 16.3. The maximum atomic E-state index is 6.25. The first-order valence-corrected chi connectivity index (χ1v) is 9.95. The lowest BCUT2D eigenvalue weighted by Gasteiger charge is -2.32. The molecule has 152 valence electrons. The van der Waals surface area contributed by atoms with Crippen LogP contribution < -0.4 is 4.74 Å². The molecule has 1 aromatic rings. The maximum absolute atomic E-state index is 6.25. The van der Waals surface area contributed by atoms with E-state index in [1.54, 1.807) is 6.26 Å². The Bertz CT molecular complexity index is 696. The molecule has 2 heterocycles. The third-order valence-electron chi connectivity index (χ3n) is 6.35. The number of ether oxygens (including phenoxy) is 1. The standard InChI is InChI=1S/C21H32B2O5/c1-18(2)19(3,4)26-22(25-18)14-16(15-24-17-12-10-9-11-13-17)23-27-20(5,6)21(7,8)28-23/h9-13,15H,14H2,1-8H3/b16-15-. The van der Waals surface area contributed by atoms with Gasteiger partial charge in [-0.25, -0.2) is 0 Å². The van der Waals surface area contributed by atoms with E-state index < -0.39 is 25.4 Å². The summed E-state index contributed by atoms with van der Waals surface area (Å²) in [5.41, 5.74) is -0.794. The fraction of sp³-hybridized carbons (Fsp3) is 0.619. The van der Waals surface area contributed by atoms with Gasteiger partial charge in [-0.15, -0.1) is 0 Å². The number of benzene rings is 1. The summed E-state index contributed by atoms with van der Waals surface area (Å²) in [7, 11) is -0.914. The Balaban J connectivity index is 1.82. The number of rotatable bonds is 5. The molecule has 0 saturated carbocycles. The monoisotopic (exact) mass is 386 g/mol. The summed E-state index contributed by atoms with van der Waals surface area (Å²) in [6, 6.07) is 9.65. The van der Waals surface area contributed by atoms with Crippen molar-refractivity contribution in [2.45, 2.75) is 84.1 Å². The van der Waals surface area contributed by atoms with E-state index in [1.807, 2.05) is 85.7 Å². The molecule has 7 heteroatoms. The molecule has 2 aliphatic heterocycles. The molecule has 0 bridgehead atoms. The van der Waals surface area contributed by atoms with Crippen LogP contribution >= 0.6 is 0 Å². The lowest BCUT2D eigenvalue weighted by Crippen LogP contribution is -2.41. The van der Waals surface area contributed by atoms with Crippen LogP contribution in [-0.2, 0) is 18.6 Å². The Hall–Kier alpha value is -1.27. The van der Waals surface area contributed by atoms with Crippen molar-refractivity contribution in [2.75, 3.05) is 0 Å². The highest BCUT2D eigenvalue weighted by molar-refractivity contribution is 6.59. The van der Waals surface area contributed by atoms with Crippen LogP contribution in [0, 0.1) is 0 Å². The van der Waals surface area contributed by atoms with Gasteiger partial charge in [0, 0.05) is 6.32 Å². The van der Waals surface area contributed by atoms with Crippen molar-refractivity contribution in [3.05, 3.63) is 42.1 Å². The van der Waals surface area contributed by atoms with Crippen LogP contribution in [0.5, 0.6) is 5.75 Å². The minimum atomic E-state index is -0.521. The molecule has 0 radical (unpaired) electrons. The van der Waals surface area contributed by atoms with Gasteiger partial charge in [-0.05, 0) is 73.0 Å². The average molecular weight is 386 g/mol. The molecule has 2 fully saturated rings. The lowest BCUT2D eigenvalue weighted by molar-refractivity contribution is 0.00578. The van der Waals surface area contributed by atoms with Crippen LogP contribution in [0.2, 0.25) is 6.32 Å². The van der Waals surface area contributed by atoms with Gasteiger partial charge in [0.05, 0.1) is 28.7 Å². The van der Waals surface area contributed by atoms with Crippen molar-refractivity contribution in [2.24, 2.45) is 0 Å². The summed E-state index contributed by atoms with van der Waals surface area (Å²) in [4.78, 5) is 0. The zero-order chi connectivity index (χ0) is 20.8. The minimum absolute atomic E-state index is 0.390. The van der Waals surface area contributed by atoms with Gasteiger partial charge in [-0.1, -0.05) is 18.2 Å². The first kappa shape index (κ1) is 21.4. The van der Waals surface area contributed by atoms with Crippen LogP contribution in [0.1, 0.15) is 55.4 Å². The Morgan fingerprint density at radius 2 is 1.25 bits per heavy atom. The van der Waals surface area contributed by atoms with Gasteiger partial charge in [0.2, 0.25) is 0 Å². The average Bonchev–Trinajstić information content (AvgIpc) is 2.91. The summed E-state index contributed by atoms with van der Waals surface area (Å²) < 4.78 is 30.8. The Morgan fingerprint density at radius 1 is 0.786 bits per heavy atom. The number of hydrogen-bond donors (Lipinski definition) is 0. The van der Waals surface area contributed by atoms with E-state index in [2.05, 4.69) is 0 Å². The van der Waals surface area contributed by atoms with Crippen LogP contribution in [0.25, 0.3) is 0 Å². The molecule has 28 heavy (non-hydrogen) atoms. The highest BCUT2D eigenvalue weighted by atomic mass is 16.7. The van der Waals surface area contributed by atoms with Crippen molar-refractivity contribution in [3.8, 4) is 5.75 Å². The van der Waals surface area contributed by atoms with Gasteiger partial charge >= 0.3 is 14.2 Å². The molecular weight excluding hydrogens is 354 g/mol. The van der Waals surface area contributed by atoms with Gasteiger partial charge in [0.15, 0.2) is 0 Å². The van der Waals surface area contributed by atoms with Crippen LogP contribution in [-0.4, -0.2) is 36.6 Å². The van der Waals surface area contributed by atoms with Crippen molar-refractivity contribution < 1.29 is 23.4 Å². The highest BCUT2D eigenvalue weighted by Crippen LogP contribution is 2.42. The highest BCUT2D eigenvalue weighted by Gasteiger charge is 2.55. The summed E-state index contributed by atoms with van der Waals surface area (Å²) in [6.07, 6.45) is 2.21. The van der Waals surface area contributed by atoms with E-state index in [0.717, 1.165) is 11.2 Å². The predicted molar refractivity (Wildman–Crippen MR) is 112 cm³/mol. The molecule has 2 saturated heterocycles. The first-order valence-electron chi connectivity index (χ1n) is 9.95. The molecule has 1 aromatic carbocycles. The Kier molecular flexibility index (Phi) is 5.52. The molecule has 0 unspecified atom stereocenters. The van der Waals surface area contributed by atoms with Gasteiger partial charge < -0.3 is 23.4 Å². The molecule has 0 atom stereocenters. The zero-order valence-corrected chi connectivity index (χ0v) is 18.4.